The van der Waals surface area contributed by atoms with Crippen LogP contribution >= 0.6 is 11.6 Å². The molecule has 1 atom stereocenters. The van der Waals surface area contributed by atoms with Crippen LogP contribution in [0.4, 0.5) is 0 Å². The summed E-state index contributed by atoms with van der Waals surface area (Å²) in [7, 11) is 0. The third-order valence-electron chi connectivity index (χ3n) is 3.86. The summed E-state index contributed by atoms with van der Waals surface area (Å²) in [5.41, 5.74) is 1.64. The van der Waals surface area contributed by atoms with E-state index in [1.807, 2.05) is 13.8 Å². The number of hydrogen-bond donors (Lipinski definition) is 0. The summed E-state index contributed by atoms with van der Waals surface area (Å²) >= 11 is 5.87. The Labute approximate surface area is 134 Å². The molecule has 0 spiro atoms. The molecule has 4 nitrogen and oxygen atoms in total. The van der Waals surface area contributed by atoms with E-state index in [2.05, 4.69) is 6.07 Å². The van der Waals surface area contributed by atoms with Gasteiger partial charge < -0.3 is 9.94 Å². The second kappa shape index (κ2) is 5.19. The molecule has 3 rings (SSSR count). The van der Waals surface area contributed by atoms with Crippen LogP contribution in [0.5, 0.6) is 5.75 Å². The molecule has 0 amide bonds. The standard InChI is InChI=1S/C17H15ClN2O2/c1-17(2)8-14(15-5-4-12(18)10-20(15)21)13-7-11(9-19)3-6-16(13)22-17/h3-7,10,14H,8H2,1-2H3. The summed E-state index contributed by atoms with van der Waals surface area (Å²) in [6.45, 7) is 3.98. The highest BCUT2D eigenvalue weighted by molar-refractivity contribution is 6.30. The molecule has 2 aromatic rings. The lowest BCUT2D eigenvalue weighted by Gasteiger charge is -2.36. The van der Waals surface area contributed by atoms with Crippen molar-refractivity contribution >= 4 is 11.6 Å². The van der Waals surface area contributed by atoms with Crippen molar-refractivity contribution in [3.63, 3.8) is 0 Å². The smallest absolute Gasteiger partial charge is 0.200 e. The molecule has 1 aliphatic rings. The Morgan fingerprint density at radius 2 is 2.14 bits per heavy atom. The van der Waals surface area contributed by atoms with E-state index in [1.54, 1.807) is 30.3 Å². The lowest BCUT2D eigenvalue weighted by Crippen LogP contribution is -2.40. The molecule has 0 radical (unpaired) electrons. The van der Waals surface area contributed by atoms with Crippen molar-refractivity contribution in [2.24, 2.45) is 0 Å². The summed E-state index contributed by atoms with van der Waals surface area (Å²) in [5, 5.41) is 21.8. The van der Waals surface area contributed by atoms with Crippen LogP contribution < -0.4 is 9.47 Å². The van der Waals surface area contributed by atoms with Crippen molar-refractivity contribution in [1.29, 1.82) is 5.26 Å². The highest BCUT2D eigenvalue weighted by atomic mass is 35.5. The van der Waals surface area contributed by atoms with Crippen LogP contribution in [-0.2, 0) is 0 Å². The predicted octanol–water partition coefficient (Wildman–Crippen LogP) is 3.54. The molecule has 0 fully saturated rings. The number of rotatable bonds is 1. The van der Waals surface area contributed by atoms with Gasteiger partial charge in [0.1, 0.15) is 16.4 Å². The fourth-order valence-corrected chi connectivity index (χ4v) is 3.08. The van der Waals surface area contributed by atoms with Crippen molar-refractivity contribution in [2.45, 2.75) is 31.8 Å². The minimum absolute atomic E-state index is 0.137. The molecule has 1 aromatic heterocycles. The van der Waals surface area contributed by atoms with Gasteiger partial charge in [0.05, 0.1) is 17.6 Å². The number of nitriles is 1. The van der Waals surface area contributed by atoms with Gasteiger partial charge in [0.25, 0.3) is 0 Å². The zero-order valence-electron chi connectivity index (χ0n) is 12.3. The first kappa shape index (κ1) is 14.7. The number of fused-ring (bicyclic) bond motifs is 1. The summed E-state index contributed by atoms with van der Waals surface area (Å²) < 4.78 is 6.79. The Kier molecular flexibility index (Phi) is 3.46. The quantitative estimate of drug-likeness (QED) is 0.597. The normalized spacial score (nSPS) is 18.9. The summed E-state index contributed by atoms with van der Waals surface area (Å²) in [6, 6.07) is 10.9. The molecule has 0 N–H and O–H groups in total. The van der Waals surface area contributed by atoms with Gasteiger partial charge in [-0.25, -0.2) is 0 Å². The number of pyridine rings is 1. The molecule has 1 unspecified atom stereocenters. The Hall–Kier alpha value is -2.25. The average molecular weight is 315 g/mol. The number of hydrogen-bond acceptors (Lipinski definition) is 3. The SMILES string of the molecule is CC1(C)CC(c2ccc(Cl)c[n+]2[O-])c2cc(C#N)ccc2O1. The molecule has 0 saturated heterocycles. The van der Waals surface area contributed by atoms with E-state index in [1.165, 1.54) is 6.20 Å². The van der Waals surface area contributed by atoms with Crippen LogP contribution in [0.3, 0.4) is 0 Å². The van der Waals surface area contributed by atoms with Crippen molar-refractivity contribution < 1.29 is 9.47 Å². The Bertz CT molecular complexity index is 781. The van der Waals surface area contributed by atoms with E-state index in [9.17, 15) is 5.21 Å². The third kappa shape index (κ3) is 2.60. The van der Waals surface area contributed by atoms with Gasteiger partial charge in [0.2, 0.25) is 5.69 Å². The second-order valence-electron chi connectivity index (χ2n) is 6.08. The van der Waals surface area contributed by atoms with E-state index in [-0.39, 0.29) is 5.92 Å². The summed E-state index contributed by atoms with van der Waals surface area (Å²) in [5.74, 6) is 0.581. The first-order chi connectivity index (χ1) is 10.4. The van der Waals surface area contributed by atoms with Gasteiger partial charge in [-0.2, -0.15) is 9.99 Å². The van der Waals surface area contributed by atoms with Crippen molar-refractivity contribution in [3.05, 3.63) is 63.6 Å². The molecule has 112 valence electrons. The van der Waals surface area contributed by atoms with Gasteiger partial charge in [-0.05, 0) is 38.1 Å². The van der Waals surface area contributed by atoms with Crippen LogP contribution in [0.1, 0.15) is 43.0 Å². The monoisotopic (exact) mass is 314 g/mol. The number of benzene rings is 1. The average Bonchev–Trinajstić information content (AvgIpc) is 2.45. The molecule has 22 heavy (non-hydrogen) atoms. The van der Waals surface area contributed by atoms with E-state index in [0.717, 1.165) is 16.0 Å². The molecule has 2 heterocycles. The minimum atomic E-state index is -0.390. The number of nitrogens with zero attached hydrogens (tertiary/aromatic N) is 2. The van der Waals surface area contributed by atoms with Gasteiger partial charge in [-0.3, -0.25) is 0 Å². The van der Waals surface area contributed by atoms with Gasteiger partial charge in [0.15, 0.2) is 6.20 Å². The van der Waals surface area contributed by atoms with Crippen LogP contribution in [-0.4, -0.2) is 5.60 Å². The van der Waals surface area contributed by atoms with Crippen molar-refractivity contribution in [3.8, 4) is 11.8 Å². The van der Waals surface area contributed by atoms with Gasteiger partial charge >= 0.3 is 0 Å². The molecule has 5 heteroatoms. The maximum atomic E-state index is 12.2. The van der Waals surface area contributed by atoms with Crippen LogP contribution in [0, 0.1) is 16.5 Å². The van der Waals surface area contributed by atoms with Crippen LogP contribution in [0.15, 0.2) is 36.5 Å². The highest BCUT2D eigenvalue weighted by Gasteiger charge is 2.38. The highest BCUT2D eigenvalue weighted by Crippen LogP contribution is 2.43. The maximum Gasteiger partial charge on any atom is 0.200 e. The van der Waals surface area contributed by atoms with Crippen LogP contribution in [0.2, 0.25) is 5.02 Å². The number of ether oxygens (including phenoxy) is 1. The van der Waals surface area contributed by atoms with Gasteiger partial charge in [-0.15, -0.1) is 0 Å². The van der Waals surface area contributed by atoms with Crippen LogP contribution in [0.25, 0.3) is 0 Å². The van der Waals surface area contributed by atoms with Crippen molar-refractivity contribution in [2.75, 3.05) is 0 Å². The molecular formula is C17H15ClN2O2. The summed E-state index contributed by atoms with van der Waals surface area (Å²) in [4.78, 5) is 0. The zero-order chi connectivity index (χ0) is 15.9. The van der Waals surface area contributed by atoms with E-state index in [4.69, 9.17) is 21.6 Å². The minimum Gasteiger partial charge on any atom is -0.618 e. The topological polar surface area (TPSA) is 60.0 Å². The fraction of sp³-hybridized carbons (Fsp3) is 0.294. The van der Waals surface area contributed by atoms with E-state index in [0.29, 0.717) is 22.7 Å². The Morgan fingerprint density at radius 1 is 1.36 bits per heavy atom. The van der Waals surface area contributed by atoms with Gasteiger partial charge in [0, 0.05) is 18.1 Å². The maximum absolute atomic E-state index is 12.2. The largest absolute Gasteiger partial charge is 0.618 e. The Morgan fingerprint density at radius 3 is 2.82 bits per heavy atom. The predicted molar refractivity (Wildman–Crippen MR) is 82.7 cm³/mol. The zero-order valence-corrected chi connectivity index (χ0v) is 13.1. The molecule has 1 aliphatic heterocycles. The number of halogens is 1. The van der Waals surface area contributed by atoms with Gasteiger partial charge in [-0.1, -0.05) is 11.6 Å². The molecule has 0 aliphatic carbocycles. The van der Waals surface area contributed by atoms with E-state index >= 15 is 0 Å². The Balaban J connectivity index is 2.17. The fourth-order valence-electron chi connectivity index (χ4n) is 2.93. The second-order valence-corrected chi connectivity index (χ2v) is 6.52. The lowest BCUT2D eigenvalue weighted by atomic mass is 9.81. The number of aromatic nitrogens is 1. The molecule has 1 aromatic carbocycles. The first-order valence-electron chi connectivity index (χ1n) is 7.01. The molecule has 0 saturated carbocycles. The summed E-state index contributed by atoms with van der Waals surface area (Å²) in [6.07, 6.45) is 2.01. The van der Waals surface area contributed by atoms with Crippen molar-refractivity contribution in [1.82, 2.24) is 0 Å². The lowest BCUT2D eigenvalue weighted by molar-refractivity contribution is -0.615. The molecule has 0 bridgehead atoms. The van der Waals surface area contributed by atoms with E-state index < -0.39 is 5.60 Å². The molecular weight excluding hydrogens is 300 g/mol. The first-order valence-corrected chi connectivity index (χ1v) is 7.39. The third-order valence-corrected chi connectivity index (χ3v) is 4.09.